The highest BCUT2D eigenvalue weighted by Gasteiger charge is 2.29. The van der Waals surface area contributed by atoms with Crippen LogP contribution >= 0.6 is 24.4 Å². The van der Waals surface area contributed by atoms with Crippen LogP contribution in [0.4, 0.5) is 0 Å². The molecule has 530 valence electrons. The Kier molecular flexibility index (Phi) is 126. The van der Waals surface area contributed by atoms with Crippen molar-refractivity contribution in [2.75, 3.05) is 107 Å². The van der Waals surface area contributed by atoms with E-state index in [9.17, 15) is 57.5 Å². The van der Waals surface area contributed by atoms with Crippen molar-refractivity contribution in [3.63, 3.8) is 0 Å². The fraction of sp³-hybridized carbons (Fsp3) is 0.789. The Morgan fingerprint density at radius 1 is 0.545 bits per heavy atom. The zero-order valence-corrected chi connectivity index (χ0v) is 57.2. The summed E-state index contributed by atoms with van der Waals surface area (Å²) in [7, 11) is 8.00. The van der Waals surface area contributed by atoms with E-state index < -0.39 is 60.8 Å². The third-order valence-corrected chi connectivity index (χ3v) is 12.1. The number of aldehydes is 8. The first kappa shape index (κ1) is 115. The van der Waals surface area contributed by atoms with E-state index >= 15 is 0 Å². The molecule has 0 aromatic carbocycles. The normalized spacial score (nSPS) is 12.0. The van der Waals surface area contributed by atoms with Gasteiger partial charge in [-0.05, 0) is 63.5 Å². The molecule has 0 saturated carbocycles. The van der Waals surface area contributed by atoms with Gasteiger partial charge in [-0.1, -0.05) is 68.2 Å². The molecule has 1 heterocycles. The quantitative estimate of drug-likeness (QED) is 0.0129. The third-order valence-electron chi connectivity index (χ3n) is 10.7. The molecular formula is C57H122N6O23S2. The van der Waals surface area contributed by atoms with Crippen LogP contribution in [-0.2, 0) is 57.5 Å². The van der Waals surface area contributed by atoms with E-state index in [1.807, 2.05) is 13.8 Å². The predicted molar refractivity (Wildman–Crippen MR) is 347 cm³/mol. The van der Waals surface area contributed by atoms with E-state index in [1.54, 1.807) is 18.7 Å². The molecule has 0 spiro atoms. The van der Waals surface area contributed by atoms with Crippen molar-refractivity contribution in [3.05, 3.63) is 0 Å². The molecule has 0 aromatic heterocycles. The number of Topliss-reactive ketones (excluding diaryl/α,β-unsaturated/α-hetero) is 4. The van der Waals surface area contributed by atoms with Crippen LogP contribution in [0.15, 0.2) is 0 Å². The molecule has 1 aliphatic rings. The van der Waals surface area contributed by atoms with Gasteiger partial charge in [0.15, 0.2) is 17.3 Å². The Morgan fingerprint density at radius 2 is 0.898 bits per heavy atom. The van der Waals surface area contributed by atoms with E-state index in [4.69, 9.17) is 73.4 Å². The maximum atomic E-state index is 11.9. The molecular weight excluding hydrogens is 1200 g/mol. The van der Waals surface area contributed by atoms with Crippen LogP contribution in [0.3, 0.4) is 0 Å². The number of thiol groups is 1. The maximum absolute atomic E-state index is 11.9. The molecule has 0 aromatic rings. The highest BCUT2D eigenvalue weighted by atomic mass is 32.2. The molecule has 88 heavy (non-hydrogen) atoms. The van der Waals surface area contributed by atoms with Crippen LogP contribution in [0.2, 0.25) is 0 Å². The van der Waals surface area contributed by atoms with Crippen molar-refractivity contribution < 1.29 is 114 Å². The molecule has 1 aliphatic heterocycles. The summed E-state index contributed by atoms with van der Waals surface area (Å²) in [5.41, 5.74) is 15.9. The molecule has 29 nitrogen and oxygen atoms in total. The molecule has 1 fully saturated rings. The fourth-order valence-corrected chi connectivity index (χ4v) is 7.41. The summed E-state index contributed by atoms with van der Waals surface area (Å²) in [5.74, 6) is -0.977. The second kappa shape index (κ2) is 96.7. The summed E-state index contributed by atoms with van der Waals surface area (Å²) in [4.78, 5) is 128. The van der Waals surface area contributed by atoms with E-state index in [0.717, 1.165) is 87.8 Å². The first-order valence-electron chi connectivity index (χ1n) is 27.7. The lowest BCUT2D eigenvalue weighted by Crippen LogP contribution is -2.47. The van der Waals surface area contributed by atoms with Gasteiger partial charge in [0.05, 0.1) is 36.0 Å². The Balaban J connectivity index is -0.0000000678. The number of ketones is 4. The Labute approximate surface area is 534 Å². The number of carbonyl (C=O) groups is 12. The van der Waals surface area contributed by atoms with Crippen molar-refractivity contribution in [1.82, 2.24) is 16.0 Å². The van der Waals surface area contributed by atoms with E-state index in [0.29, 0.717) is 112 Å². The molecule has 0 aliphatic carbocycles. The number of thioether (sulfide) groups is 1. The highest BCUT2D eigenvalue weighted by molar-refractivity contribution is 7.99. The number of nitrogens with one attached hydrogen (secondary N) is 3. The monoisotopic (exact) mass is 1320 g/mol. The lowest BCUT2D eigenvalue weighted by atomic mass is 9.85. The van der Waals surface area contributed by atoms with Gasteiger partial charge in [-0.2, -0.15) is 12.6 Å². The molecule has 31 heteroatoms. The van der Waals surface area contributed by atoms with E-state index in [1.165, 1.54) is 0 Å². The third kappa shape index (κ3) is 74.5. The van der Waals surface area contributed by atoms with Gasteiger partial charge in [-0.15, -0.1) is 11.8 Å². The molecule has 20 N–H and O–H groups in total. The number of unbranched alkanes of at least 4 members (excludes halogenated alkanes) is 2. The van der Waals surface area contributed by atoms with Crippen LogP contribution in [0.5, 0.6) is 0 Å². The molecule has 1 saturated heterocycles. The van der Waals surface area contributed by atoms with Gasteiger partial charge in [0.2, 0.25) is 0 Å². The van der Waals surface area contributed by atoms with Gasteiger partial charge in [0, 0.05) is 105 Å². The smallest absolute Gasteiger partial charge is 0.175 e. The second-order valence-corrected chi connectivity index (χ2v) is 19.3. The number of aliphatic hydroxyl groups excluding tert-OH is 11. The van der Waals surface area contributed by atoms with Gasteiger partial charge in [0.25, 0.3) is 0 Å². The molecule has 0 amide bonds. The van der Waals surface area contributed by atoms with E-state index in [2.05, 4.69) is 70.1 Å². The summed E-state index contributed by atoms with van der Waals surface area (Å²) in [5, 5.41) is 90.7. The summed E-state index contributed by atoms with van der Waals surface area (Å²) in [6.45, 7) is 18.8. The lowest BCUT2D eigenvalue weighted by molar-refractivity contribution is -0.134. The number of nitrogens with two attached hydrogens (primary N) is 3. The summed E-state index contributed by atoms with van der Waals surface area (Å²) >= 11 is 5.53. The first-order valence-corrected chi connectivity index (χ1v) is 29.5. The standard InChI is InChI=1S/C12H18N2O5.C12H26N2O.C8H10O5.C8H18O.C5H9NOS.C4H9NO2S.8CH4O/c13-4-2-1-3-11(14-10(7-17)8-18)12(19)9(5-15)6-16;1-9(2)12(15)11(14-10(3)4)7-5-6-8-13;9-1-6(2-10)8(5-13)7(3-11)4-12;1-6(2)8(5-9)7(3)4;1-4(7)5-2-8-3-6-5;5-3(2-8)4(7)1-6;8*1-2/h5-11,14H,1-4,13H2;9-11,14H,5-8,13H2,1-4H3;1-4,6-8,13H,5H2;6-9H,5H2,1-4H3;5-6H,2-3H2,1H3;3,6,8H,1-2,5H2;8*2H,1H3/t2*11-;;;;3-;;;;;;;;/m00...0......../s1. The minimum atomic E-state index is -1.38. The number of hydrogen-bond donors (Lipinski definition) is 18. The maximum Gasteiger partial charge on any atom is 0.175 e. The molecule has 1 unspecified atom stereocenters. The highest BCUT2D eigenvalue weighted by Crippen LogP contribution is 2.19. The van der Waals surface area contributed by atoms with Crippen molar-refractivity contribution in [3.8, 4) is 0 Å². The minimum absolute atomic E-state index is 0.0107. The van der Waals surface area contributed by atoms with Crippen molar-refractivity contribution >= 4 is 97.8 Å². The fourth-order valence-electron chi connectivity index (χ4n) is 6.18. The lowest BCUT2D eigenvalue weighted by Gasteiger charge is -2.21. The molecule has 0 radical (unpaired) electrons. The summed E-state index contributed by atoms with van der Waals surface area (Å²) in [6, 6.07) is -2.13. The zero-order chi connectivity index (χ0) is 72.8. The molecule has 4 atom stereocenters. The predicted octanol–water partition coefficient (Wildman–Crippen LogP) is -3.43. The largest absolute Gasteiger partial charge is 0.400 e. The Morgan fingerprint density at radius 3 is 1.08 bits per heavy atom. The summed E-state index contributed by atoms with van der Waals surface area (Å²) in [6.07, 6.45) is 6.91. The van der Waals surface area contributed by atoms with Crippen LogP contribution < -0.4 is 33.2 Å². The Hall–Kier alpha value is -3.94. The molecule has 0 bridgehead atoms. The van der Waals surface area contributed by atoms with Crippen LogP contribution in [0, 0.1) is 47.3 Å². The topological polar surface area (TPSA) is 542 Å². The first-order chi connectivity index (χ1) is 42.0. The minimum Gasteiger partial charge on any atom is -0.400 e. The average molecular weight is 1320 g/mol. The van der Waals surface area contributed by atoms with E-state index in [-0.39, 0.29) is 42.1 Å². The average Bonchev–Trinajstić information content (AvgIpc) is 4.12. The molecule has 1 rings (SSSR count). The number of aliphatic hydroxyl groups is 11. The summed E-state index contributed by atoms with van der Waals surface area (Å²) < 4.78 is 0. The second-order valence-electron chi connectivity index (χ2n) is 17.9. The van der Waals surface area contributed by atoms with Gasteiger partial charge in [-0.3, -0.25) is 29.8 Å². The number of carbonyl (C=O) groups excluding carboxylic acids is 12. The van der Waals surface area contributed by atoms with Gasteiger partial charge >= 0.3 is 0 Å². The van der Waals surface area contributed by atoms with Crippen molar-refractivity contribution in [1.29, 1.82) is 0 Å². The van der Waals surface area contributed by atoms with Crippen LogP contribution in [0.25, 0.3) is 0 Å². The van der Waals surface area contributed by atoms with Gasteiger partial charge < -0.3 is 117 Å². The Bertz CT molecular complexity index is 1470. The van der Waals surface area contributed by atoms with Gasteiger partial charge in [-0.25, -0.2) is 0 Å². The van der Waals surface area contributed by atoms with Crippen molar-refractivity contribution in [2.24, 2.45) is 64.5 Å². The van der Waals surface area contributed by atoms with Gasteiger partial charge in [0.1, 0.15) is 74.6 Å². The number of rotatable bonds is 34. The number of hydrogen-bond acceptors (Lipinski definition) is 31. The van der Waals surface area contributed by atoms with Crippen LogP contribution in [0.1, 0.15) is 101 Å². The zero-order valence-electron chi connectivity index (χ0n) is 55.5. The van der Waals surface area contributed by atoms with Crippen LogP contribution in [-0.4, -0.2) is 273 Å². The SMILES string of the molecule is CC(=O)C1CSCN1.CC(C)C(CO)C(C)C.CC(C)N[C@@H](CCCCN)C(=O)C(C)C.CO.CO.CO.CO.CO.CO.CO.CO.NCCCC[C@H](NC(C=O)C=O)C(=O)C(C=O)C=O.N[C@@H](CS)C(=O)CO.O=CC(C=O)C(CO)C(C=O)C=O. The van der Waals surface area contributed by atoms with Crippen molar-refractivity contribution in [2.45, 2.75) is 137 Å².